The third kappa shape index (κ3) is 11.5. The molecule has 2 saturated heterocycles. The van der Waals surface area contributed by atoms with Crippen LogP contribution in [0, 0.1) is 5.92 Å². The fourth-order valence-corrected chi connectivity index (χ4v) is 6.96. The minimum atomic E-state index is -1.71. The van der Waals surface area contributed by atoms with Crippen LogP contribution in [-0.4, -0.2) is 150 Å². The van der Waals surface area contributed by atoms with Crippen LogP contribution in [0.4, 0.5) is 0 Å². The van der Waals surface area contributed by atoms with Gasteiger partial charge in [0, 0.05) is 31.4 Å². The number of hydrogen-bond donors (Lipinski definition) is 10. The molecule has 4 rings (SSSR count). The molecular formula is C37H53N9O11. The van der Waals surface area contributed by atoms with E-state index in [4.69, 9.17) is 5.73 Å². The van der Waals surface area contributed by atoms with Gasteiger partial charge < -0.3 is 62.2 Å². The first-order valence-corrected chi connectivity index (χ1v) is 18.9. The van der Waals surface area contributed by atoms with Gasteiger partial charge in [-0.15, -0.1) is 0 Å². The average Bonchev–Trinajstić information content (AvgIpc) is 3.97. The van der Waals surface area contributed by atoms with Crippen LogP contribution in [0.3, 0.4) is 0 Å². The zero-order chi connectivity index (χ0) is 42.0. The third-order valence-corrected chi connectivity index (χ3v) is 10.1. The van der Waals surface area contributed by atoms with E-state index >= 15 is 0 Å². The van der Waals surface area contributed by atoms with Crippen molar-refractivity contribution in [3.63, 3.8) is 0 Å². The molecule has 0 unspecified atom stereocenters. The van der Waals surface area contributed by atoms with Crippen molar-refractivity contribution in [1.29, 1.82) is 0 Å². The smallest absolute Gasteiger partial charge is 0.328 e. The summed E-state index contributed by atoms with van der Waals surface area (Å²) < 4.78 is 0. The molecular weight excluding hydrogens is 746 g/mol. The van der Waals surface area contributed by atoms with Crippen molar-refractivity contribution in [2.75, 3.05) is 19.7 Å². The van der Waals surface area contributed by atoms with E-state index in [1.807, 2.05) is 0 Å². The lowest BCUT2D eigenvalue weighted by molar-refractivity contribution is -0.146. The Morgan fingerprint density at radius 3 is 1.95 bits per heavy atom. The third-order valence-electron chi connectivity index (χ3n) is 10.1. The number of likely N-dealkylation sites (tertiary alicyclic amines) is 2. The molecule has 0 aliphatic carbocycles. The number of aromatic nitrogens is 2. The number of nitrogens with one attached hydrogen (secondary N) is 5. The molecule has 11 N–H and O–H groups in total. The van der Waals surface area contributed by atoms with Crippen LogP contribution in [0.15, 0.2) is 36.8 Å². The Morgan fingerprint density at radius 1 is 0.825 bits per heavy atom. The number of benzene rings is 1. The van der Waals surface area contributed by atoms with E-state index in [-0.39, 0.29) is 31.6 Å². The summed E-state index contributed by atoms with van der Waals surface area (Å²) >= 11 is 0. The Labute approximate surface area is 328 Å². The summed E-state index contributed by atoms with van der Waals surface area (Å²) in [4.78, 5) is 102. The Kier molecular flexibility index (Phi) is 15.5. The number of carboxylic acids is 1. The molecule has 2 aliphatic rings. The number of aliphatic hydroxyl groups is 2. The lowest BCUT2D eigenvalue weighted by Gasteiger charge is -2.32. The van der Waals surface area contributed by atoms with Crippen LogP contribution in [0.5, 0.6) is 5.75 Å². The SMILES string of the molecule is CC(C)[C@H](NC(=O)[C@@H]1CCCN1C(=O)[C@@H](N)Cc1ccc(O)cc1)C(=O)N[C@@H](Cc1cnc[nH]1)C(=O)N1CCC[C@H]1C(=O)N[C@@H](CO)C(=O)N[C@H](C(=O)O)[C@@H](C)O. The normalized spacial score (nSPS) is 19.8. The highest BCUT2D eigenvalue weighted by atomic mass is 16.4. The Morgan fingerprint density at radius 2 is 1.42 bits per heavy atom. The predicted molar refractivity (Wildman–Crippen MR) is 201 cm³/mol. The largest absolute Gasteiger partial charge is 0.508 e. The highest BCUT2D eigenvalue weighted by Crippen LogP contribution is 2.22. The number of aliphatic carboxylic acids is 1. The van der Waals surface area contributed by atoms with Gasteiger partial charge in [0.1, 0.15) is 36.0 Å². The van der Waals surface area contributed by atoms with Gasteiger partial charge in [-0.2, -0.15) is 0 Å². The lowest BCUT2D eigenvalue weighted by Crippen LogP contribution is -2.61. The van der Waals surface area contributed by atoms with E-state index in [0.29, 0.717) is 31.5 Å². The van der Waals surface area contributed by atoms with Gasteiger partial charge in [0.15, 0.2) is 6.04 Å². The van der Waals surface area contributed by atoms with Gasteiger partial charge in [-0.3, -0.25) is 28.8 Å². The number of aromatic hydroxyl groups is 1. The van der Waals surface area contributed by atoms with Crippen LogP contribution < -0.4 is 27.0 Å². The van der Waals surface area contributed by atoms with E-state index < -0.39 is 102 Å². The van der Waals surface area contributed by atoms with Gasteiger partial charge >= 0.3 is 5.97 Å². The second-order valence-corrected chi connectivity index (χ2v) is 14.7. The molecule has 20 heteroatoms. The fraction of sp³-hybridized carbons (Fsp3) is 0.568. The molecule has 6 amide bonds. The van der Waals surface area contributed by atoms with E-state index in [2.05, 4.69) is 31.2 Å². The van der Waals surface area contributed by atoms with E-state index in [9.17, 15) is 54.0 Å². The number of amides is 6. The molecule has 2 aliphatic heterocycles. The monoisotopic (exact) mass is 799 g/mol. The van der Waals surface area contributed by atoms with Gasteiger partial charge in [-0.05, 0) is 62.6 Å². The first-order valence-electron chi connectivity index (χ1n) is 18.9. The molecule has 3 heterocycles. The number of aromatic amines is 1. The van der Waals surface area contributed by atoms with Crippen molar-refractivity contribution < 1.29 is 54.0 Å². The second kappa shape index (κ2) is 20.0. The molecule has 2 aromatic rings. The van der Waals surface area contributed by atoms with Gasteiger partial charge in [0.25, 0.3) is 0 Å². The quantitative estimate of drug-likeness (QED) is 0.0733. The number of phenols is 1. The van der Waals surface area contributed by atoms with Gasteiger partial charge in [0.2, 0.25) is 35.4 Å². The van der Waals surface area contributed by atoms with E-state index in [0.717, 1.165) is 12.5 Å². The second-order valence-electron chi connectivity index (χ2n) is 14.7. The minimum Gasteiger partial charge on any atom is -0.508 e. The summed E-state index contributed by atoms with van der Waals surface area (Å²) in [5.41, 5.74) is 7.46. The number of hydrogen-bond acceptors (Lipinski definition) is 12. The molecule has 0 spiro atoms. The summed E-state index contributed by atoms with van der Waals surface area (Å²) in [7, 11) is 0. The van der Waals surface area contributed by atoms with Crippen molar-refractivity contribution in [2.45, 2.75) is 108 Å². The molecule has 0 bridgehead atoms. The maximum atomic E-state index is 14.2. The summed E-state index contributed by atoms with van der Waals surface area (Å²) in [5, 5.41) is 48.4. The highest BCUT2D eigenvalue weighted by Gasteiger charge is 2.42. The summed E-state index contributed by atoms with van der Waals surface area (Å²) in [6.45, 7) is 4.04. The van der Waals surface area contributed by atoms with Crippen molar-refractivity contribution >= 4 is 41.4 Å². The Hall–Kier alpha value is -5.60. The first-order chi connectivity index (χ1) is 27.0. The first kappa shape index (κ1) is 44.1. The van der Waals surface area contributed by atoms with Crippen molar-refractivity contribution in [3.05, 3.63) is 48.0 Å². The number of H-pyrrole nitrogens is 1. The van der Waals surface area contributed by atoms with Gasteiger partial charge in [-0.25, -0.2) is 9.78 Å². The molecule has 312 valence electrons. The maximum absolute atomic E-state index is 14.2. The number of carbonyl (C=O) groups is 7. The van der Waals surface area contributed by atoms with E-state index in [1.54, 1.807) is 26.0 Å². The number of nitrogens with zero attached hydrogens (tertiary/aromatic N) is 3. The molecule has 8 atom stereocenters. The molecule has 20 nitrogen and oxygen atoms in total. The predicted octanol–water partition coefficient (Wildman–Crippen LogP) is -2.74. The molecule has 1 aromatic heterocycles. The Bertz CT molecular complexity index is 1740. The Balaban J connectivity index is 1.45. The summed E-state index contributed by atoms with van der Waals surface area (Å²) in [5.74, 6) is -6.15. The van der Waals surface area contributed by atoms with Crippen LogP contribution in [-0.2, 0) is 46.4 Å². The van der Waals surface area contributed by atoms with Crippen LogP contribution in [0.2, 0.25) is 0 Å². The number of imidazole rings is 1. The minimum absolute atomic E-state index is 0.0728. The summed E-state index contributed by atoms with van der Waals surface area (Å²) in [6, 6.07) is -2.40. The summed E-state index contributed by atoms with van der Waals surface area (Å²) in [6.07, 6.45) is 2.91. The van der Waals surface area contributed by atoms with Crippen molar-refractivity contribution in [2.24, 2.45) is 11.7 Å². The fourth-order valence-electron chi connectivity index (χ4n) is 6.96. The molecule has 2 fully saturated rings. The number of carboxylic acid groups (broad SMARTS) is 1. The maximum Gasteiger partial charge on any atom is 0.328 e. The highest BCUT2D eigenvalue weighted by molar-refractivity contribution is 5.97. The van der Waals surface area contributed by atoms with Crippen LogP contribution in [0.1, 0.15) is 57.7 Å². The average molecular weight is 800 g/mol. The molecule has 1 aromatic carbocycles. The lowest BCUT2D eigenvalue weighted by atomic mass is 10.0. The van der Waals surface area contributed by atoms with Gasteiger partial charge in [0.05, 0.1) is 25.1 Å². The standard InChI is InChI=1S/C37H53N9O11/c1-19(2)29(43-33(52)28-7-4-12-45(28)35(54)24(38)14-21-8-10-23(49)11-9-21)34(53)41-25(15-22-16-39-18-40-22)36(55)46-13-5-6-27(46)32(51)42-26(17-47)31(50)44-30(20(3)48)37(56)57/h8-11,16,18-20,24-30,47-49H,4-7,12-15,17,38H2,1-3H3,(H,39,40)(H,41,53)(H,42,51)(H,43,52)(H,44,50)(H,56,57)/t20-,24+,25+,26+,27+,28+,29+,30+/m1/s1. The number of aliphatic hydroxyl groups excluding tert-OH is 2. The van der Waals surface area contributed by atoms with E-state index in [1.165, 1.54) is 34.5 Å². The molecule has 0 saturated carbocycles. The zero-order valence-electron chi connectivity index (χ0n) is 32.1. The van der Waals surface area contributed by atoms with Crippen LogP contribution in [0.25, 0.3) is 0 Å². The van der Waals surface area contributed by atoms with Gasteiger partial charge in [-0.1, -0.05) is 26.0 Å². The number of nitrogens with two attached hydrogens (primary N) is 1. The molecule has 0 radical (unpaired) electrons. The zero-order valence-corrected chi connectivity index (χ0v) is 32.1. The van der Waals surface area contributed by atoms with Crippen molar-refractivity contribution in [1.82, 2.24) is 41.0 Å². The van der Waals surface area contributed by atoms with Crippen LogP contribution >= 0.6 is 0 Å². The number of carbonyl (C=O) groups excluding carboxylic acids is 6. The molecule has 57 heavy (non-hydrogen) atoms. The van der Waals surface area contributed by atoms with Crippen molar-refractivity contribution in [3.8, 4) is 5.75 Å². The number of phenolic OH excluding ortho intramolecular Hbond substituents is 1. The topological polar surface area (TPSA) is 310 Å². The number of rotatable bonds is 18.